The summed E-state index contributed by atoms with van der Waals surface area (Å²) in [6, 6.07) is 12.1. The molecule has 1 N–H and O–H groups in total. The number of esters is 1. The third kappa shape index (κ3) is 3.72. The number of para-hydroxylation sites is 1. The molecule has 2 fully saturated rings. The number of nitrogens with zero attached hydrogens (tertiary/aromatic N) is 2. The highest BCUT2D eigenvalue weighted by Gasteiger charge is 2.59. The van der Waals surface area contributed by atoms with Gasteiger partial charge in [0.1, 0.15) is 0 Å². The SMILES string of the molecule is COC(=O)c1ccccc1NC(=O)CSc1nc2ccc(N3C(=O)[C@H]4[C@H](C3=O)[C@H]3C=C[C@H]4C3)cc2s1. The van der Waals surface area contributed by atoms with Gasteiger partial charge in [-0.1, -0.05) is 36.0 Å². The van der Waals surface area contributed by atoms with Crippen LogP contribution in [-0.4, -0.2) is 41.5 Å². The van der Waals surface area contributed by atoms with Crippen molar-refractivity contribution in [2.24, 2.45) is 23.7 Å². The van der Waals surface area contributed by atoms with Crippen LogP contribution in [0.5, 0.6) is 0 Å². The first kappa shape index (κ1) is 22.9. The van der Waals surface area contributed by atoms with E-state index < -0.39 is 5.97 Å². The van der Waals surface area contributed by atoms with Crippen molar-refractivity contribution in [3.05, 3.63) is 60.2 Å². The van der Waals surface area contributed by atoms with Gasteiger partial charge < -0.3 is 10.1 Å². The van der Waals surface area contributed by atoms with Gasteiger partial charge in [0.15, 0.2) is 4.34 Å². The monoisotopic (exact) mass is 519 g/mol. The Morgan fingerprint density at radius 2 is 1.83 bits per heavy atom. The number of allylic oxidation sites excluding steroid dienone is 2. The van der Waals surface area contributed by atoms with Crippen molar-refractivity contribution in [2.45, 2.75) is 10.8 Å². The van der Waals surface area contributed by atoms with Crippen LogP contribution in [0.1, 0.15) is 16.8 Å². The molecule has 2 heterocycles. The minimum Gasteiger partial charge on any atom is -0.465 e. The number of anilines is 2. The standard InChI is InChI=1S/C26H21N3O5S2/c1-34-25(33)16-4-2-3-5-17(16)27-20(30)12-35-26-28-18-9-8-15(11-19(18)36-26)29-23(31)21-13-6-7-14(10-13)22(21)24(29)32/h2-9,11,13-14,21-22H,10,12H2,1H3,(H,27,30)/t13-,14-,21+,22+/m0/s1. The number of ether oxygens (including phenoxy) is 1. The molecule has 8 nitrogen and oxygen atoms in total. The van der Waals surface area contributed by atoms with Crippen LogP contribution >= 0.6 is 23.1 Å². The summed E-state index contributed by atoms with van der Waals surface area (Å²) in [7, 11) is 1.29. The molecule has 3 aliphatic rings. The summed E-state index contributed by atoms with van der Waals surface area (Å²) in [5, 5.41) is 2.75. The summed E-state index contributed by atoms with van der Waals surface area (Å²) in [6.07, 6.45) is 5.07. The number of carbonyl (C=O) groups is 4. The molecule has 3 aromatic rings. The van der Waals surface area contributed by atoms with Gasteiger partial charge in [-0.25, -0.2) is 14.7 Å². The number of aromatic nitrogens is 1. The number of thiazole rings is 1. The molecule has 1 saturated carbocycles. The second-order valence-corrected chi connectivity index (χ2v) is 11.3. The fraction of sp³-hybridized carbons (Fsp3) is 0.269. The number of benzene rings is 2. The van der Waals surface area contributed by atoms with E-state index in [0.29, 0.717) is 15.7 Å². The normalized spacial score (nSPS) is 24.0. The molecule has 6 rings (SSSR count). The summed E-state index contributed by atoms with van der Waals surface area (Å²) >= 11 is 2.68. The second kappa shape index (κ2) is 8.86. The van der Waals surface area contributed by atoms with Gasteiger partial charge >= 0.3 is 5.97 Å². The third-order valence-electron chi connectivity index (χ3n) is 7.01. The van der Waals surface area contributed by atoms with E-state index in [1.165, 1.54) is 35.1 Å². The van der Waals surface area contributed by atoms with Crippen molar-refractivity contribution < 1.29 is 23.9 Å². The first-order chi connectivity index (χ1) is 17.4. The van der Waals surface area contributed by atoms with Crippen molar-refractivity contribution in [3.8, 4) is 0 Å². The van der Waals surface area contributed by atoms with Crippen molar-refractivity contribution in [3.63, 3.8) is 0 Å². The van der Waals surface area contributed by atoms with Gasteiger partial charge in [0, 0.05) is 0 Å². The Morgan fingerprint density at radius 1 is 1.11 bits per heavy atom. The van der Waals surface area contributed by atoms with E-state index in [1.807, 2.05) is 6.07 Å². The van der Waals surface area contributed by atoms with Crippen LogP contribution in [0, 0.1) is 23.7 Å². The zero-order valence-corrected chi connectivity index (χ0v) is 20.8. The molecule has 1 aromatic heterocycles. The molecule has 0 spiro atoms. The first-order valence-electron chi connectivity index (χ1n) is 11.5. The number of hydrogen-bond donors (Lipinski definition) is 1. The molecule has 36 heavy (non-hydrogen) atoms. The highest BCUT2D eigenvalue weighted by Crippen LogP contribution is 2.53. The second-order valence-electron chi connectivity index (χ2n) is 9.02. The van der Waals surface area contributed by atoms with Gasteiger partial charge in [0.2, 0.25) is 17.7 Å². The Hall–Kier alpha value is -3.50. The highest BCUT2D eigenvalue weighted by molar-refractivity contribution is 8.01. The number of carbonyl (C=O) groups excluding carboxylic acids is 4. The molecule has 2 aromatic carbocycles. The van der Waals surface area contributed by atoms with E-state index in [4.69, 9.17) is 4.74 Å². The molecule has 1 saturated heterocycles. The summed E-state index contributed by atoms with van der Waals surface area (Å²) < 4.78 is 6.29. The van der Waals surface area contributed by atoms with E-state index in [0.717, 1.165) is 16.6 Å². The van der Waals surface area contributed by atoms with Crippen LogP contribution in [0.2, 0.25) is 0 Å². The van der Waals surface area contributed by atoms with E-state index in [1.54, 1.807) is 36.4 Å². The Balaban J connectivity index is 1.15. The number of nitrogens with one attached hydrogen (secondary N) is 1. The van der Waals surface area contributed by atoms with Crippen molar-refractivity contribution in [1.29, 1.82) is 0 Å². The van der Waals surface area contributed by atoms with Crippen LogP contribution in [-0.2, 0) is 19.1 Å². The van der Waals surface area contributed by atoms with Crippen LogP contribution in [0.15, 0.2) is 59.0 Å². The maximum Gasteiger partial charge on any atom is 0.339 e. The van der Waals surface area contributed by atoms with Gasteiger partial charge in [0.05, 0.1) is 51.9 Å². The van der Waals surface area contributed by atoms with Crippen molar-refractivity contribution >= 4 is 68.4 Å². The molecule has 2 bridgehead atoms. The van der Waals surface area contributed by atoms with E-state index in [-0.39, 0.29) is 52.7 Å². The number of thioether (sulfide) groups is 1. The van der Waals surface area contributed by atoms with Crippen LogP contribution in [0.3, 0.4) is 0 Å². The topological polar surface area (TPSA) is 106 Å². The lowest BCUT2D eigenvalue weighted by molar-refractivity contribution is -0.123. The summed E-state index contributed by atoms with van der Waals surface area (Å²) in [5.74, 6) is -1.05. The smallest absolute Gasteiger partial charge is 0.339 e. The molecule has 1 aliphatic heterocycles. The predicted molar refractivity (Wildman–Crippen MR) is 137 cm³/mol. The minimum absolute atomic E-state index is 0.102. The number of rotatable bonds is 6. The molecule has 0 unspecified atom stereocenters. The molecular weight excluding hydrogens is 498 g/mol. The average molecular weight is 520 g/mol. The van der Waals surface area contributed by atoms with Crippen LogP contribution in [0.25, 0.3) is 10.2 Å². The van der Waals surface area contributed by atoms with Crippen LogP contribution in [0.4, 0.5) is 11.4 Å². The molecule has 0 radical (unpaired) electrons. The molecule has 2 aliphatic carbocycles. The van der Waals surface area contributed by atoms with E-state index >= 15 is 0 Å². The Morgan fingerprint density at radius 3 is 2.56 bits per heavy atom. The Labute approximate surface area is 214 Å². The zero-order valence-electron chi connectivity index (χ0n) is 19.2. The molecule has 3 amide bonds. The lowest BCUT2D eigenvalue weighted by atomic mass is 9.85. The first-order valence-corrected chi connectivity index (χ1v) is 13.3. The van der Waals surface area contributed by atoms with E-state index in [2.05, 4.69) is 22.5 Å². The van der Waals surface area contributed by atoms with Gasteiger partial charge in [-0.15, -0.1) is 11.3 Å². The molecule has 4 atom stereocenters. The Bertz CT molecular complexity index is 1430. The third-order valence-corrected chi connectivity index (χ3v) is 9.18. The quantitative estimate of drug-likeness (QED) is 0.226. The fourth-order valence-electron chi connectivity index (χ4n) is 5.44. The highest BCUT2D eigenvalue weighted by atomic mass is 32.2. The number of fused-ring (bicyclic) bond motifs is 6. The number of imide groups is 1. The maximum atomic E-state index is 13.1. The van der Waals surface area contributed by atoms with Gasteiger partial charge in [0.25, 0.3) is 0 Å². The van der Waals surface area contributed by atoms with Crippen molar-refractivity contribution in [2.75, 3.05) is 23.1 Å². The number of amides is 3. The number of methoxy groups -OCH3 is 1. The lowest BCUT2D eigenvalue weighted by Gasteiger charge is -2.17. The summed E-state index contributed by atoms with van der Waals surface area (Å²) in [5.41, 5.74) is 1.98. The summed E-state index contributed by atoms with van der Waals surface area (Å²) in [6.45, 7) is 0. The van der Waals surface area contributed by atoms with Gasteiger partial charge in [-0.3, -0.25) is 14.4 Å². The number of hydrogen-bond acceptors (Lipinski definition) is 8. The zero-order chi connectivity index (χ0) is 25.0. The molecule has 182 valence electrons. The fourth-order valence-corrected chi connectivity index (χ4v) is 7.34. The molecular formula is C26H21N3O5S2. The average Bonchev–Trinajstić information content (AvgIpc) is 3.65. The Kier molecular flexibility index (Phi) is 5.65. The minimum atomic E-state index is -0.525. The maximum absolute atomic E-state index is 13.1. The van der Waals surface area contributed by atoms with Crippen molar-refractivity contribution in [1.82, 2.24) is 4.98 Å². The largest absolute Gasteiger partial charge is 0.465 e. The predicted octanol–water partition coefficient (Wildman–Crippen LogP) is 4.13. The summed E-state index contributed by atoms with van der Waals surface area (Å²) in [4.78, 5) is 56.6. The lowest BCUT2D eigenvalue weighted by Crippen LogP contribution is -2.32. The van der Waals surface area contributed by atoms with E-state index in [9.17, 15) is 19.2 Å². The van der Waals surface area contributed by atoms with Gasteiger partial charge in [-0.05, 0) is 48.6 Å². The molecule has 10 heteroatoms. The van der Waals surface area contributed by atoms with Crippen LogP contribution < -0.4 is 10.2 Å². The van der Waals surface area contributed by atoms with Gasteiger partial charge in [-0.2, -0.15) is 0 Å².